The summed E-state index contributed by atoms with van der Waals surface area (Å²) in [6.07, 6.45) is 3.61. The zero-order valence-corrected chi connectivity index (χ0v) is 16.8. The minimum Gasteiger partial charge on any atom is -0.356 e. The predicted octanol–water partition coefficient (Wildman–Crippen LogP) is 3.60. The molecule has 4 rings (SSSR count). The molecule has 2 atom stereocenters. The fourth-order valence-corrected chi connectivity index (χ4v) is 4.19. The first kappa shape index (κ1) is 18.6. The molecule has 0 radical (unpaired) electrons. The van der Waals surface area contributed by atoms with E-state index in [0.717, 1.165) is 30.8 Å². The zero-order valence-electron chi connectivity index (χ0n) is 16.0. The topological polar surface area (TPSA) is 84.2 Å². The zero-order chi connectivity index (χ0) is 19.5. The van der Waals surface area contributed by atoms with Crippen LogP contribution in [0.5, 0.6) is 0 Å². The number of carbonyl (C=O) groups excluding carboxylic acids is 1. The second-order valence-corrected chi connectivity index (χ2v) is 8.06. The molecular weight excluding hydrogens is 374 g/mol. The SMILES string of the molecule is Cc1noc(-c2ccc(N3CCC[C@H](C(=O)N[C@@H](C)c4cccs4)C3)nc2)n1. The summed E-state index contributed by atoms with van der Waals surface area (Å²) in [6.45, 7) is 5.39. The molecule has 0 aliphatic carbocycles. The summed E-state index contributed by atoms with van der Waals surface area (Å²) in [5, 5.41) is 9.00. The molecule has 7 nitrogen and oxygen atoms in total. The molecule has 4 heterocycles. The van der Waals surface area contributed by atoms with Crippen LogP contribution >= 0.6 is 11.3 Å². The van der Waals surface area contributed by atoms with Crippen molar-refractivity contribution in [3.63, 3.8) is 0 Å². The summed E-state index contributed by atoms with van der Waals surface area (Å²) < 4.78 is 5.18. The van der Waals surface area contributed by atoms with Crippen LogP contribution in [0.3, 0.4) is 0 Å². The molecule has 1 aliphatic rings. The Morgan fingerprint density at radius 2 is 2.29 bits per heavy atom. The number of aryl methyl sites for hydroxylation is 1. The second kappa shape index (κ2) is 8.10. The Hall–Kier alpha value is -2.74. The van der Waals surface area contributed by atoms with Crippen LogP contribution < -0.4 is 10.2 Å². The number of carbonyl (C=O) groups is 1. The number of nitrogens with one attached hydrogen (secondary N) is 1. The summed E-state index contributed by atoms with van der Waals surface area (Å²) in [6, 6.07) is 7.98. The number of thiophene rings is 1. The molecule has 1 fully saturated rings. The Labute approximate surface area is 167 Å². The van der Waals surface area contributed by atoms with Crippen LogP contribution in [0, 0.1) is 12.8 Å². The van der Waals surface area contributed by atoms with E-state index in [2.05, 4.69) is 31.4 Å². The van der Waals surface area contributed by atoms with Gasteiger partial charge in [-0.05, 0) is 50.3 Å². The lowest BCUT2D eigenvalue weighted by molar-refractivity contribution is -0.125. The average molecular weight is 398 g/mol. The summed E-state index contributed by atoms with van der Waals surface area (Å²) in [5.74, 6) is 2.01. The number of rotatable bonds is 5. The van der Waals surface area contributed by atoms with Crippen molar-refractivity contribution in [1.29, 1.82) is 0 Å². The Balaban J connectivity index is 1.40. The molecule has 3 aromatic heterocycles. The summed E-state index contributed by atoms with van der Waals surface area (Å²) in [5.41, 5.74) is 0.792. The van der Waals surface area contributed by atoms with Gasteiger partial charge in [-0.15, -0.1) is 11.3 Å². The summed E-state index contributed by atoms with van der Waals surface area (Å²) >= 11 is 1.67. The molecule has 0 bridgehead atoms. The third-order valence-corrected chi connectivity index (χ3v) is 6.02. The first-order valence-electron chi connectivity index (χ1n) is 9.45. The highest BCUT2D eigenvalue weighted by molar-refractivity contribution is 7.10. The Bertz CT molecular complexity index is 922. The Morgan fingerprint density at radius 3 is 2.96 bits per heavy atom. The first-order chi connectivity index (χ1) is 13.6. The van der Waals surface area contributed by atoms with E-state index in [0.29, 0.717) is 18.3 Å². The highest BCUT2D eigenvalue weighted by Crippen LogP contribution is 2.25. The molecule has 8 heteroatoms. The van der Waals surface area contributed by atoms with Crippen molar-refractivity contribution in [1.82, 2.24) is 20.4 Å². The molecule has 3 aromatic rings. The van der Waals surface area contributed by atoms with E-state index in [-0.39, 0.29) is 17.9 Å². The fraction of sp³-hybridized carbons (Fsp3) is 0.400. The van der Waals surface area contributed by atoms with Crippen LogP contribution in [-0.2, 0) is 4.79 Å². The lowest BCUT2D eigenvalue weighted by Gasteiger charge is -2.33. The average Bonchev–Trinajstić information content (AvgIpc) is 3.40. The van der Waals surface area contributed by atoms with Gasteiger partial charge < -0.3 is 14.7 Å². The number of nitrogens with zero attached hydrogens (tertiary/aromatic N) is 4. The molecule has 0 spiro atoms. The molecule has 1 amide bonds. The molecule has 0 aromatic carbocycles. The minimum atomic E-state index is -0.0313. The number of amides is 1. The molecule has 1 N–H and O–H groups in total. The lowest BCUT2D eigenvalue weighted by Crippen LogP contribution is -2.43. The van der Waals surface area contributed by atoms with Gasteiger partial charge in [-0.25, -0.2) is 4.98 Å². The van der Waals surface area contributed by atoms with Crippen LogP contribution in [-0.4, -0.2) is 34.1 Å². The molecular formula is C20H23N5O2S. The van der Waals surface area contributed by atoms with E-state index in [1.165, 1.54) is 4.88 Å². The first-order valence-corrected chi connectivity index (χ1v) is 10.3. The van der Waals surface area contributed by atoms with E-state index in [1.54, 1.807) is 24.5 Å². The van der Waals surface area contributed by atoms with Crippen LogP contribution in [0.1, 0.15) is 36.5 Å². The Morgan fingerprint density at radius 1 is 1.39 bits per heavy atom. The van der Waals surface area contributed by atoms with Gasteiger partial charge in [0.15, 0.2) is 5.82 Å². The molecule has 0 unspecified atom stereocenters. The lowest BCUT2D eigenvalue weighted by atomic mass is 9.96. The maximum absolute atomic E-state index is 12.7. The van der Waals surface area contributed by atoms with E-state index < -0.39 is 0 Å². The number of hydrogen-bond donors (Lipinski definition) is 1. The van der Waals surface area contributed by atoms with Crippen molar-refractivity contribution in [2.45, 2.75) is 32.7 Å². The van der Waals surface area contributed by atoms with Gasteiger partial charge in [0.1, 0.15) is 5.82 Å². The van der Waals surface area contributed by atoms with Crippen molar-refractivity contribution in [3.8, 4) is 11.5 Å². The number of anilines is 1. The van der Waals surface area contributed by atoms with E-state index >= 15 is 0 Å². The third kappa shape index (κ3) is 4.06. The number of piperidine rings is 1. The van der Waals surface area contributed by atoms with Crippen LogP contribution in [0.2, 0.25) is 0 Å². The van der Waals surface area contributed by atoms with Gasteiger partial charge in [0.25, 0.3) is 5.89 Å². The van der Waals surface area contributed by atoms with Gasteiger partial charge in [0, 0.05) is 24.2 Å². The van der Waals surface area contributed by atoms with Gasteiger partial charge in [-0.1, -0.05) is 11.2 Å². The highest BCUT2D eigenvalue weighted by atomic mass is 32.1. The van der Waals surface area contributed by atoms with Crippen molar-refractivity contribution in [3.05, 3.63) is 46.5 Å². The van der Waals surface area contributed by atoms with Crippen molar-refractivity contribution >= 4 is 23.1 Å². The summed E-state index contributed by atoms with van der Waals surface area (Å²) in [7, 11) is 0. The van der Waals surface area contributed by atoms with Crippen LogP contribution in [0.4, 0.5) is 5.82 Å². The Kier molecular flexibility index (Phi) is 5.38. The maximum atomic E-state index is 12.7. The van der Waals surface area contributed by atoms with Crippen molar-refractivity contribution in [2.24, 2.45) is 5.92 Å². The number of hydrogen-bond acceptors (Lipinski definition) is 7. The van der Waals surface area contributed by atoms with Crippen LogP contribution in [0.25, 0.3) is 11.5 Å². The predicted molar refractivity (Wildman–Crippen MR) is 108 cm³/mol. The van der Waals surface area contributed by atoms with Gasteiger partial charge in [0.05, 0.1) is 17.5 Å². The van der Waals surface area contributed by atoms with Crippen molar-refractivity contribution in [2.75, 3.05) is 18.0 Å². The normalized spacial score (nSPS) is 18.1. The number of aromatic nitrogens is 3. The monoisotopic (exact) mass is 397 g/mol. The van der Waals surface area contributed by atoms with E-state index in [1.807, 2.05) is 30.5 Å². The second-order valence-electron chi connectivity index (χ2n) is 7.08. The highest BCUT2D eigenvalue weighted by Gasteiger charge is 2.27. The van der Waals surface area contributed by atoms with Crippen molar-refractivity contribution < 1.29 is 9.32 Å². The number of pyridine rings is 1. The van der Waals surface area contributed by atoms with Gasteiger partial charge >= 0.3 is 0 Å². The molecule has 1 saturated heterocycles. The fourth-order valence-electron chi connectivity index (χ4n) is 3.45. The summed E-state index contributed by atoms with van der Waals surface area (Å²) in [4.78, 5) is 24.9. The maximum Gasteiger partial charge on any atom is 0.259 e. The molecule has 146 valence electrons. The molecule has 1 aliphatic heterocycles. The van der Waals surface area contributed by atoms with E-state index in [9.17, 15) is 4.79 Å². The molecule has 28 heavy (non-hydrogen) atoms. The largest absolute Gasteiger partial charge is 0.356 e. The van der Waals surface area contributed by atoms with Gasteiger partial charge in [0.2, 0.25) is 5.91 Å². The minimum absolute atomic E-state index is 0.0313. The standard InChI is InChI=1S/C20H23N5O2S/c1-13(17-6-4-10-28-17)22-19(26)16-5-3-9-25(12-16)18-8-7-15(11-21-18)20-23-14(2)24-27-20/h4,6-8,10-11,13,16H,3,5,9,12H2,1-2H3,(H,22,26)/t13-,16-/m0/s1. The van der Waals surface area contributed by atoms with Gasteiger partial charge in [-0.2, -0.15) is 4.98 Å². The van der Waals surface area contributed by atoms with Crippen LogP contribution in [0.15, 0.2) is 40.4 Å². The smallest absolute Gasteiger partial charge is 0.259 e. The van der Waals surface area contributed by atoms with Gasteiger partial charge in [-0.3, -0.25) is 4.79 Å². The third-order valence-electron chi connectivity index (χ3n) is 4.97. The van der Waals surface area contributed by atoms with E-state index in [4.69, 9.17) is 4.52 Å². The quantitative estimate of drug-likeness (QED) is 0.708. The molecule has 0 saturated carbocycles.